The number of anilines is 2. The van der Waals surface area contributed by atoms with Crippen molar-refractivity contribution in [3.8, 4) is 17.3 Å². The van der Waals surface area contributed by atoms with Crippen LogP contribution in [0.15, 0.2) is 67.5 Å². The Morgan fingerprint density at radius 3 is 2.84 bits per heavy atom. The van der Waals surface area contributed by atoms with Gasteiger partial charge in [0, 0.05) is 53.2 Å². The molecule has 0 aliphatic carbocycles. The fraction of sp³-hybridized carbons (Fsp3) is 0.160. The largest absolute Gasteiger partial charge is 0.399 e. The number of nitrogens with two attached hydrogens (primary N) is 1. The molecular weight excluding hydrogens is 398 g/mol. The van der Waals surface area contributed by atoms with Crippen LogP contribution < -0.4 is 11.1 Å². The molecule has 0 amide bonds. The Balaban J connectivity index is 1.35. The molecule has 1 aliphatic heterocycles. The fourth-order valence-electron chi connectivity index (χ4n) is 4.17. The number of nitrogens with zero attached hydrogens (tertiary/aromatic N) is 4. The van der Waals surface area contributed by atoms with E-state index in [1.165, 1.54) is 0 Å². The van der Waals surface area contributed by atoms with E-state index in [9.17, 15) is 5.26 Å². The molecule has 32 heavy (non-hydrogen) atoms. The van der Waals surface area contributed by atoms with Gasteiger partial charge in [-0.1, -0.05) is 36.9 Å². The zero-order valence-corrected chi connectivity index (χ0v) is 17.5. The van der Waals surface area contributed by atoms with Crippen molar-refractivity contribution in [3.63, 3.8) is 0 Å². The standard InChI is InChI=1S/C25H23N7/c1-16(17-6-8-19(27)9-7-17)32-11-10-20(15-32)30-25-29-13-18(12-26)24(31-25)22-14-28-23-5-3-2-4-21(22)23/h2-9,13-14,20,28H,1,10-11,15,27H2,(H,29,30,31). The van der Waals surface area contributed by atoms with Crippen LogP contribution in [0.4, 0.5) is 11.6 Å². The van der Waals surface area contributed by atoms with E-state index in [2.05, 4.69) is 32.8 Å². The Morgan fingerprint density at radius 1 is 1.22 bits per heavy atom. The first-order valence-electron chi connectivity index (χ1n) is 10.5. The molecule has 158 valence electrons. The third-order valence-electron chi connectivity index (χ3n) is 5.90. The summed E-state index contributed by atoms with van der Waals surface area (Å²) in [4.78, 5) is 14.6. The first-order chi connectivity index (χ1) is 15.6. The van der Waals surface area contributed by atoms with E-state index in [0.717, 1.165) is 52.9 Å². The monoisotopic (exact) mass is 421 g/mol. The number of nitrogens with one attached hydrogen (secondary N) is 2. The van der Waals surface area contributed by atoms with Gasteiger partial charge in [-0.15, -0.1) is 0 Å². The number of nitrogen functional groups attached to an aromatic ring is 1. The van der Waals surface area contributed by atoms with Crippen molar-refractivity contribution in [1.82, 2.24) is 19.9 Å². The topological polar surface area (TPSA) is 107 Å². The van der Waals surface area contributed by atoms with E-state index in [1.807, 2.05) is 54.7 Å². The summed E-state index contributed by atoms with van der Waals surface area (Å²) in [5.41, 5.74) is 11.6. The zero-order valence-electron chi connectivity index (χ0n) is 17.5. The van der Waals surface area contributed by atoms with Crippen molar-refractivity contribution < 1.29 is 0 Å². The smallest absolute Gasteiger partial charge is 0.223 e. The quantitative estimate of drug-likeness (QED) is 0.416. The second kappa shape index (κ2) is 8.08. The summed E-state index contributed by atoms with van der Waals surface area (Å²) in [5.74, 6) is 0.522. The van der Waals surface area contributed by atoms with Crippen LogP contribution in [0, 0.1) is 11.3 Å². The van der Waals surface area contributed by atoms with Crippen molar-refractivity contribution >= 4 is 28.2 Å². The summed E-state index contributed by atoms with van der Waals surface area (Å²) < 4.78 is 0. The minimum atomic E-state index is 0.185. The number of aromatic amines is 1. The van der Waals surface area contributed by atoms with Gasteiger partial charge in [-0.3, -0.25) is 0 Å². The first kappa shape index (κ1) is 19.6. The number of H-pyrrole nitrogens is 1. The average molecular weight is 422 g/mol. The van der Waals surface area contributed by atoms with E-state index in [-0.39, 0.29) is 6.04 Å². The van der Waals surface area contributed by atoms with Crippen LogP contribution in [-0.4, -0.2) is 39.0 Å². The maximum atomic E-state index is 9.60. The molecule has 0 saturated carbocycles. The third-order valence-corrected chi connectivity index (χ3v) is 5.90. The first-order valence-corrected chi connectivity index (χ1v) is 10.5. The number of nitriles is 1. The van der Waals surface area contributed by atoms with Crippen molar-refractivity contribution in [2.45, 2.75) is 12.5 Å². The Labute approximate surface area is 186 Å². The minimum Gasteiger partial charge on any atom is -0.399 e. The van der Waals surface area contributed by atoms with E-state index in [0.29, 0.717) is 17.2 Å². The summed E-state index contributed by atoms with van der Waals surface area (Å²) in [6, 6.07) is 18.2. The SMILES string of the molecule is C=C(c1ccc(N)cc1)N1CCC(Nc2ncc(C#N)c(-c3c[nH]c4ccccc34)n2)C1. The molecule has 7 heteroatoms. The van der Waals surface area contributed by atoms with Crippen molar-refractivity contribution in [1.29, 1.82) is 5.26 Å². The third kappa shape index (κ3) is 3.63. The highest BCUT2D eigenvalue weighted by molar-refractivity contribution is 5.95. The van der Waals surface area contributed by atoms with Gasteiger partial charge in [0.15, 0.2) is 0 Å². The highest BCUT2D eigenvalue weighted by atomic mass is 15.2. The number of fused-ring (bicyclic) bond motifs is 1. The van der Waals surface area contributed by atoms with Crippen LogP contribution in [0.2, 0.25) is 0 Å². The predicted octanol–water partition coefficient (Wildman–Crippen LogP) is 4.24. The summed E-state index contributed by atoms with van der Waals surface area (Å²) in [5, 5.41) is 14.1. The summed E-state index contributed by atoms with van der Waals surface area (Å²) >= 11 is 0. The molecule has 2 aromatic carbocycles. The second-order valence-electron chi connectivity index (χ2n) is 7.96. The Bertz CT molecular complexity index is 1330. The van der Waals surface area contributed by atoms with Gasteiger partial charge in [-0.2, -0.15) is 5.26 Å². The molecule has 3 heterocycles. The molecule has 4 aromatic rings. The van der Waals surface area contributed by atoms with Crippen LogP contribution in [0.3, 0.4) is 0 Å². The van der Waals surface area contributed by atoms with Gasteiger partial charge in [-0.05, 0) is 30.2 Å². The lowest BCUT2D eigenvalue weighted by atomic mass is 10.1. The van der Waals surface area contributed by atoms with Crippen LogP contribution in [-0.2, 0) is 0 Å². The predicted molar refractivity (Wildman–Crippen MR) is 128 cm³/mol. The lowest BCUT2D eigenvalue weighted by Gasteiger charge is -2.22. The molecule has 4 N–H and O–H groups in total. The van der Waals surface area contributed by atoms with Crippen LogP contribution in [0.5, 0.6) is 0 Å². The maximum absolute atomic E-state index is 9.60. The van der Waals surface area contributed by atoms with Crippen LogP contribution in [0.25, 0.3) is 27.9 Å². The number of rotatable bonds is 5. The average Bonchev–Trinajstić information content (AvgIpc) is 3.46. The van der Waals surface area contributed by atoms with Gasteiger partial charge in [0.25, 0.3) is 0 Å². The van der Waals surface area contributed by atoms with E-state index in [1.54, 1.807) is 6.20 Å². The molecule has 1 atom stereocenters. The van der Waals surface area contributed by atoms with Gasteiger partial charge in [-0.25, -0.2) is 9.97 Å². The van der Waals surface area contributed by atoms with Gasteiger partial charge < -0.3 is 20.9 Å². The van der Waals surface area contributed by atoms with Gasteiger partial charge in [0.2, 0.25) is 5.95 Å². The molecule has 0 radical (unpaired) electrons. The molecule has 1 fully saturated rings. The second-order valence-corrected chi connectivity index (χ2v) is 7.96. The molecule has 7 nitrogen and oxygen atoms in total. The van der Waals surface area contributed by atoms with E-state index < -0.39 is 0 Å². The lowest BCUT2D eigenvalue weighted by molar-refractivity contribution is 0.489. The molecule has 0 spiro atoms. The highest BCUT2D eigenvalue weighted by Crippen LogP contribution is 2.30. The molecule has 2 aromatic heterocycles. The fourth-order valence-corrected chi connectivity index (χ4v) is 4.17. The Hall–Kier alpha value is -4.31. The molecule has 1 unspecified atom stereocenters. The molecule has 1 aliphatic rings. The number of hydrogen-bond donors (Lipinski definition) is 3. The molecule has 0 bridgehead atoms. The summed E-state index contributed by atoms with van der Waals surface area (Å²) in [7, 11) is 0. The minimum absolute atomic E-state index is 0.185. The highest BCUT2D eigenvalue weighted by Gasteiger charge is 2.25. The maximum Gasteiger partial charge on any atom is 0.223 e. The number of aromatic nitrogens is 3. The zero-order chi connectivity index (χ0) is 22.1. The van der Waals surface area contributed by atoms with Crippen molar-refractivity contribution in [3.05, 3.63) is 78.6 Å². The van der Waals surface area contributed by atoms with Crippen LogP contribution >= 0.6 is 0 Å². The summed E-state index contributed by atoms with van der Waals surface area (Å²) in [6.07, 6.45) is 4.43. The van der Waals surface area contributed by atoms with Crippen molar-refractivity contribution in [2.75, 3.05) is 24.1 Å². The lowest BCUT2D eigenvalue weighted by Crippen LogP contribution is -2.26. The van der Waals surface area contributed by atoms with Gasteiger partial charge in [0.1, 0.15) is 6.07 Å². The number of benzene rings is 2. The number of para-hydroxylation sites is 1. The molecule has 1 saturated heterocycles. The van der Waals surface area contributed by atoms with Crippen LogP contribution in [0.1, 0.15) is 17.5 Å². The molecular formula is C25H23N7. The van der Waals surface area contributed by atoms with Gasteiger partial charge >= 0.3 is 0 Å². The molecule has 5 rings (SSSR count). The normalized spacial score (nSPS) is 15.6. The summed E-state index contributed by atoms with van der Waals surface area (Å²) in [6.45, 7) is 5.96. The van der Waals surface area contributed by atoms with Gasteiger partial charge in [0.05, 0.1) is 17.5 Å². The van der Waals surface area contributed by atoms with Crippen molar-refractivity contribution in [2.24, 2.45) is 0 Å². The Kier molecular flexibility index (Phi) is 4.96. The van der Waals surface area contributed by atoms with E-state index >= 15 is 0 Å². The Morgan fingerprint density at radius 2 is 2.03 bits per heavy atom. The van der Waals surface area contributed by atoms with E-state index in [4.69, 9.17) is 10.7 Å². The number of likely N-dealkylation sites (tertiary alicyclic amines) is 1. The number of hydrogen-bond acceptors (Lipinski definition) is 6.